The van der Waals surface area contributed by atoms with Crippen LogP contribution in [0.5, 0.6) is 0 Å². The zero-order valence-electron chi connectivity index (χ0n) is 11.9. The third kappa shape index (κ3) is 2.65. The number of hydrogen-bond donors (Lipinski definition) is 3. The Morgan fingerprint density at radius 2 is 2.00 bits per heavy atom. The van der Waals surface area contributed by atoms with Crippen LogP contribution in [-0.2, 0) is 22.6 Å². The largest absolute Gasteiger partial charge is 0.481 e. The molecule has 3 rings (SSSR count). The van der Waals surface area contributed by atoms with E-state index < -0.39 is 11.4 Å². The van der Waals surface area contributed by atoms with Crippen LogP contribution in [0.1, 0.15) is 30.4 Å². The molecule has 1 amide bonds. The fourth-order valence-corrected chi connectivity index (χ4v) is 3.09. The van der Waals surface area contributed by atoms with Crippen molar-refractivity contribution in [3.63, 3.8) is 0 Å². The van der Waals surface area contributed by atoms with Gasteiger partial charge in [-0.1, -0.05) is 30.7 Å². The summed E-state index contributed by atoms with van der Waals surface area (Å²) in [5.41, 5.74) is 1.68. The molecule has 3 N–H and O–H groups in total. The summed E-state index contributed by atoms with van der Waals surface area (Å²) in [6, 6.07) is 7.80. The monoisotopic (exact) mass is 288 g/mol. The molecule has 0 saturated heterocycles. The molecule has 1 aromatic rings. The van der Waals surface area contributed by atoms with Crippen molar-refractivity contribution in [2.45, 2.75) is 38.3 Å². The number of rotatable bonds is 4. The minimum absolute atomic E-state index is 0.1000. The normalized spacial score (nSPS) is 22.8. The van der Waals surface area contributed by atoms with E-state index in [0.717, 1.165) is 6.42 Å². The van der Waals surface area contributed by atoms with Crippen LogP contribution in [0.3, 0.4) is 0 Å². The van der Waals surface area contributed by atoms with Gasteiger partial charge in [0.1, 0.15) is 0 Å². The van der Waals surface area contributed by atoms with Gasteiger partial charge in [-0.15, -0.1) is 0 Å². The SMILES string of the molecule is O=C(NCC1(C(=O)O)CCC1)[C@H]1Cc2ccccc2CN1. The Kier molecular flexibility index (Phi) is 3.68. The summed E-state index contributed by atoms with van der Waals surface area (Å²) < 4.78 is 0. The molecule has 21 heavy (non-hydrogen) atoms. The van der Waals surface area contributed by atoms with Gasteiger partial charge in [-0.25, -0.2) is 0 Å². The van der Waals surface area contributed by atoms with E-state index in [1.54, 1.807) is 0 Å². The Morgan fingerprint density at radius 1 is 1.29 bits per heavy atom. The Morgan fingerprint density at radius 3 is 2.62 bits per heavy atom. The molecule has 1 heterocycles. The maximum absolute atomic E-state index is 12.3. The molecule has 1 aliphatic heterocycles. The highest BCUT2D eigenvalue weighted by molar-refractivity contribution is 5.84. The maximum Gasteiger partial charge on any atom is 0.311 e. The molecule has 5 nitrogen and oxygen atoms in total. The van der Waals surface area contributed by atoms with E-state index in [9.17, 15) is 14.7 Å². The molecule has 0 radical (unpaired) electrons. The highest BCUT2D eigenvalue weighted by Gasteiger charge is 2.44. The third-order valence-electron chi connectivity index (χ3n) is 4.76. The second-order valence-corrected chi connectivity index (χ2v) is 6.06. The van der Waals surface area contributed by atoms with E-state index >= 15 is 0 Å². The molecule has 1 aromatic carbocycles. The van der Waals surface area contributed by atoms with Crippen LogP contribution < -0.4 is 10.6 Å². The highest BCUT2D eigenvalue weighted by atomic mass is 16.4. The Bertz CT molecular complexity index is 566. The molecule has 0 aromatic heterocycles. The quantitative estimate of drug-likeness (QED) is 0.774. The van der Waals surface area contributed by atoms with Gasteiger partial charge < -0.3 is 15.7 Å². The fraction of sp³-hybridized carbons (Fsp3) is 0.500. The van der Waals surface area contributed by atoms with E-state index in [1.165, 1.54) is 11.1 Å². The lowest BCUT2D eigenvalue weighted by atomic mass is 9.69. The first-order valence-corrected chi connectivity index (χ1v) is 7.42. The zero-order valence-corrected chi connectivity index (χ0v) is 11.9. The number of carbonyl (C=O) groups excluding carboxylic acids is 1. The number of nitrogens with one attached hydrogen (secondary N) is 2. The summed E-state index contributed by atoms with van der Waals surface area (Å²) in [5, 5.41) is 15.3. The minimum atomic E-state index is -0.795. The molecular formula is C16H20N2O3. The summed E-state index contributed by atoms with van der Waals surface area (Å²) in [4.78, 5) is 23.5. The van der Waals surface area contributed by atoms with Gasteiger partial charge in [-0.05, 0) is 30.4 Å². The number of aliphatic carboxylic acids is 1. The van der Waals surface area contributed by atoms with Crippen LogP contribution in [0, 0.1) is 5.41 Å². The van der Waals surface area contributed by atoms with Gasteiger partial charge in [-0.2, -0.15) is 0 Å². The van der Waals surface area contributed by atoms with E-state index in [1.807, 2.05) is 18.2 Å². The summed E-state index contributed by atoms with van der Waals surface area (Å²) in [5.74, 6) is -0.895. The summed E-state index contributed by atoms with van der Waals surface area (Å²) in [6.07, 6.45) is 2.90. The average molecular weight is 288 g/mol. The predicted octanol–water partition coefficient (Wildman–Crippen LogP) is 1.07. The van der Waals surface area contributed by atoms with E-state index in [0.29, 0.717) is 25.8 Å². The molecule has 1 saturated carbocycles. The molecule has 2 aliphatic rings. The number of carbonyl (C=O) groups is 2. The van der Waals surface area contributed by atoms with Crippen molar-refractivity contribution in [2.24, 2.45) is 5.41 Å². The fourth-order valence-electron chi connectivity index (χ4n) is 3.09. The van der Waals surface area contributed by atoms with Crippen LogP contribution >= 0.6 is 0 Å². The van der Waals surface area contributed by atoms with Crippen LogP contribution in [-0.4, -0.2) is 29.6 Å². The Hall–Kier alpha value is -1.88. The number of benzene rings is 1. The second-order valence-electron chi connectivity index (χ2n) is 6.06. The molecule has 1 fully saturated rings. The van der Waals surface area contributed by atoms with Crippen LogP contribution in [0.25, 0.3) is 0 Å². The topological polar surface area (TPSA) is 78.4 Å². The van der Waals surface area contributed by atoms with Gasteiger partial charge in [0, 0.05) is 13.1 Å². The smallest absolute Gasteiger partial charge is 0.311 e. The molecule has 0 bridgehead atoms. The van der Waals surface area contributed by atoms with Gasteiger partial charge in [0.2, 0.25) is 5.91 Å². The van der Waals surface area contributed by atoms with Crippen LogP contribution in [0.4, 0.5) is 0 Å². The van der Waals surface area contributed by atoms with Crippen molar-refractivity contribution in [1.82, 2.24) is 10.6 Å². The van der Waals surface area contributed by atoms with E-state index in [2.05, 4.69) is 16.7 Å². The van der Waals surface area contributed by atoms with Gasteiger partial charge in [0.25, 0.3) is 0 Å². The molecule has 112 valence electrons. The van der Waals surface area contributed by atoms with Crippen LogP contribution in [0.15, 0.2) is 24.3 Å². The van der Waals surface area contributed by atoms with Crippen molar-refractivity contribution in [2.75, 3.05) is 6.54 Å². The number of hydrogen-bond acceptors (Lipinski definition) is 3. The molecular weight excluding hydrogens is 268 g/mol. The Labute approximate surface area is 123 Å². The summed E-state index contributed by atoms with van der Waals surface area (Å²) in [7, 11) is 0. The maximum atomic E-state index is 12.3. The number of carboxylic acid groups (broad SMARTS) is 1. The first kappa shape index (κ1) is 14.1. The lowest BCUT2D eigenvalue weighted by Gasteiger charge is -2.38. The predicted molar refractivity (Wildman–Crippen MR) is 77.7 cm³/mol. The van der Waals surface area contributed by atoms with Gasteiger partial charge in [0.05, 0.1) is 11.5 Å². The molecule has 1 atom stereocenters. The van der Waals surface area contributed by atoms with Gasteiger partial charge >= 0.3 is 5.97 Å². The Balaban J connectivity index is 1.59. The zero-order chi connectivity index (χ0) is 14.9. The average Bonchev–Trinajstić information content (AvgIpc) is 2.45. The lowest BCUT2D eigenvalue weighted by Crippen LogP contribution is -2.53. The number of amides is 1. The second kappa shape index (κ2) is 5.48. The lowest BCUT2D eigenvalue weighted by molar-refractivity contribution is -0.154. The van der Waals surface area contributed by atoms with Crippen molar-refractivity contribution in [3.8, 4) is 0 Å². The standard InChI is InChI=1S/C16H20N2O3/c19-14(18-10-16(15(20)21)6-3-7-16)13-8-11-4-1-2-5-12(11)9-17-13/h1-2,4-5,13,17H,3,6-10H2,(H,18,19)(H,20,21)/t13-/m1/s1. The molecule has 0 unspecified atom stereocenters. The van der Waals surface area contributed by atoms with Crippen molar-refractivity contribution in [1.29, 1.82) is 0 Å². The summed E-state index contributed by atoms with van der Waals surface area (Å²) in [6.45, 7) is 0.916. The van der Waals surface area contributed by atoms with Crippen molar-refractivity contribution >= 4 is 11.9 Å². The summed E-state index contributed by atoms with van der Waals surface area (Å²) >= 11 is 0. The first-order valence-electron chi connectivity index (χ1n) is 7.42. The molecule has 1 aliphatic carbocycles. The molecule has 5 heteroatoms. The highest BCUT2D eigenvalue weighted by Crippen LogP contribution is 2.40. The van der Waals surface area contributed by atoms with Crippen molar-refractivity contribution < 1.29 is 14.7 Å². The minimum Gasteiger partial charge on any atom is -0.481 e. The van der Waals surface area contributed by atoms with Gasteiger partial charge in [-0.3, -0.25) is 9.59 Å². The van der Waals surface area contributed by atoms with E-state index in [4.69, 9.17) is 0 Å². The van der Waals surface area contributed by atoms with E-state index in [-0.39, 0.29) is 18.5 Å². The number of carboxylic acids is 1. The van der Waals surface area contributed by atoms with Crippen molar-refractivity contribution in [3.05, 3.63) is 35.4 Å². The molecule has 0 spiro atoms. The first-order chi connectivity index (χ1) is 10.1. The third-order valence-corrected chi connectivity index (χ3v) is 4.76. The number of fused-ring (bicyclic) bond motifs is 1. The van der Waals surface area contributed by atoms with Crippen LogP contribution in [0.2, 0.25) is 0 Å². The van der Waals surface area contributed by atoms with Gasteiger partial charge in [0.15, 0.2) is 0 Å².